The summed E-state index contributed by atoms with van der Waals surface area (Å²) in [4.78, 5) is 12.9. The van der Waals surface area contributed by atoms with Crippen LogP contribution < -0.4 is 4.74 Å². The molecule has 0 bridgehead atoms. The Morgan fingerprint density at radius 3 is 2.45 bits per heavy atom. The molecule has 1 spiro atoms. The van der Waals surface area contributed by atoms with Crippen molar-refractivity contribution in [3.8, 4) is 5.75 Å². The third-order valence-electron chi connectivity index (χ3n) is 4.75. The molecule has 1 aromatic rings. The van der Waals surface area contributed by atoms with Gasteiger partial charge in [-0.25, -0.2) is 0 Å². The largest absolute Gasteiger partial charge is 0.485 e. The van der Waals surface area contributed by atoms with E-state index in [1.807, 2.05) is 6.07 Å². The molecule has 2 aliphatic rings. The van der Waals surface area contributed by atoms with Crippen molar-refractivity contribution < 1.29 is 19.7 Å². The fourth-order valence-electron chi connectivity index (χ4n) is 3.55. The quantitative estimate of drug-likeness (QED) is 0.866. The van der Waals surface area contributed by atoms with E-state index in [9.17, 15) is 15.0 Å². The molecule has 0 aromatic heterocycles. The van der Waals surface area contributed by atoms with Crippen LogP contribution in [0.1, 0.15) is 36.0 Å². The van der Waals surface area contributed by atoms with E-state index in [1.54, 1.807) is 12.1 Å². The average Bonchev–Trinajstić information content (AvgIpc) is 2.91. The zero-order valence-corrected chi connectivity index (χ0v) is 12.6. The zero-order valence-electron chi connectivity index (χ0n) is 11.1. The van der Waals surface area contributed by atoms with Crippen molar-refractivity contribution in [2.75, 3.05) is 13.2 Å². The van der Waals surface area contributed by atoms with Crippen LogP contribution in [0.2, 0.25) is 0 Å². The van der Waals surface area contributed by atoms with Gasteiger partial charge in [-0.05, 0) is 43.9 Å². The molecule has 3 rings (SSSR count). The number of ether oxygens (including phenoxy) is 1. The van der Waals surface area contributed by atoms with Crippen LogP contribution in [-0.2, 0) is 0 Å². The van der Waals surface area contributed by atoms with Gasteiger partial charge in [0.05, 0.1) is 18.8 Å². The molecule has 4 nitrogen and oxygen atoms in total. The molecular weight excluding hydrogens is 324 g/mol. The Hall–Kier alpha value is -0.910. The van der Waals surface area contributed by atoms with E-state index in [-0.39, 0.29) is 5.78 Å². The Morgan fingerprint density at radius 2 is 1.85 bits per heavy atom. The van der Waals surface area contributed by atoms with Crippen molar-refractivity contribution in [2.45, 2.75) is 31.3 Å². The first-order chi connectivity index (χ1) is 9.58. The summed E-state index contributed by atoms with van der Waals surface area (Å²) >= 11 is 3.34. The number of fused-ring (bicyclic) bond motifs is 1. The van der Waals surface area contributed by atoms with Crippen molar-refractivity contribution in [2.24, 2.45) is 5.41 Å². The van der Waals surface area contributed by atoms with Gasteiger partial charge in [-0.1, -0.05) is 15.9 Å². The lowest BCUT2D eigenvalue weighted by Crippen LogP contribution is -2.62. The Labute approximate surface area is 125 Å². The minimum Gasteiger partial charge on any atom is -0.485 e. The highest BCUT2D eigenvalue weighted by molar-refractivity contribution is 9.10. The number of hydrogen-bond donors (Lipinski definition) is 2. The number of ketones is 1. The highest BCUT2D eigenvalue weighted by atomic mass is 79.9. The normalized spacial score (nSPS) is 22.6. The lowest BCUT2D eigenvalue weighted by Gasteiger charge is -2.48. The molecule has 1 aliphatic carbocycles. The summed E-state index contributed by atoms with van der Waals surface area (Å²) in [5.74, 6) is 0.338. The van der Waals surface area contributed by atoms with Gasteiger partial charge in [0.1, 0.15) is 16.8 Å². The van der Waals surface area contributed by atoms with Gasteiger partial charge in [-0.3, -0.25) is 4.79 Å². The van der Waals surface area contributed by atoms with Gasteiger partial charge in [-0.2, -0.15) is 0 Å². The Balaban J connectivity index is 2.19. The molecule has 0 unspecified atom stereocenters. The van der Waals surface area contributed by atoms with Crippen LogP contribution in [0.4, 0.5) is 0 Å². The first-order valence-electron chi connectivity index (χ1n) is 6.84. The number of halogens is 1. The molecule has 0 atom stereocenters. The van der Waals surface area contributed by atoms with Crippen molar-refractivity contribution in [3.05, 3.63) is 28.2 Å². The first-order valence-corrected chi connectivity index (χ1v) is 7.63. The highest BCUT2D eigenvalue weighted by Gasteiger charge is 2.61. The molecule has 1 aliphatic heterocycles. The predicted octanol–water partition coefficient (Wildman–Crippen LogP) is 2.31. The van der Waals surface area contributed by atoms with Crippen LogP contribution in [0, 0.1) is 5.41 Å². The van der Waals surface area contributed by atoms with Crippen molar-refractivity contribution >= 4 is 21.7 Å². The van der Waals surface area contributed by atoms with E-state index < -0.39 is 24.2 Å². The molecule has 108 valence electrons. The molecule has 5 heteroatoms. The molecule has 20 heavy (non-hydrogen) atoms. The van der Waals surface area contributed by atoms with Crippen LogP contribution in [0.15, 0.2) is 22.7 Å². The maximum absolute atomic E-state index is 12.9. The summed E-state index contributed by atoms with van der Waals surface area (Å²) in [6.45, 7) is -0.789. The Bertz CT molecular complexity index is 545. The summed E-state index contributed by atoms with van der Waals surface area (Å²) in [5.41, 5.74) is -1.58. The molecule has 1 fully saturated rings. The minimum atomic E-state index is -1.24. The van der Waals surface area contributed by atoms with Gasteiger partial charge in [0.15, 0.2) is 5.78 Å². The van der Waals surface area contributed by atoms with Crippen LogP contribution in [-0.4, -0.2) is 34.8 Å². The number of carbonyl (C=O) groups excluding carboxylic acids is 1. The van der Waals surface area contributed by atoms with E-state index in [0.29, 0.717) is 24.2 Å². The summed E-state index contributed by atoms with van der Waals surface area (Å²) in [7, 11) is 0. The van der Waals surface area contributed by atoms with E-state index in [4.69, 9.17) is 4.74 Å². The van der Waals surface area contributed by atoms with E-state index in [1.165, 1.54) is 0 Å². The second kappa shape index (κ2) is 4.83. The predicted molar refractivity (Wildman–Crippen MR) is 76.9 cm³/mol. The summed E-state index contributed by atoms with van der Waals surface area (Å²) in [6.07, 6.45) is 3.27. The number of benzene rings is 1. The third kappa shape index (κ3) is 1.70. The summed E-state index contributed by atoms with van der Waals surface area (Å²) in [5, 5.41) is 19.7. The topological polar surface area (TPSA) is 66.8 Å². The van der Waals surface area contributed by atoms with Crippen molar-refractivity contribution in [1.82, 2.24) is 0 Å². The van der Waals surface area contributed by atoms with Gasteiger partial charge >= 0.3 is 0 Å². The van der Waals surface area contributed by atoms with Gasteiger partial charge in [-0.15, -0.1) is 0 Å². The second-order valence-electron chi connectivity index (χ2n) is 5.67. The van der Waals surface area contributed by atoms with E-state index in [0.717, 1.165) is 17.3 Å². The van der Waals surface area contributed by atoms with Gasteiger partial charge in [0.25, 0.3) is 0 Å². The second-order valence-corrected chi connectivity index (χ2v) is 6.59. The molecular formula is C15H17BrO4. The lowest BCUT2D eigenvalue weighted by molar-refractivity contribution is -0.0949. The van der Waals surface area contributed by atoms with Crippen LogP contribution in [0.3, 0.4) is 0 Å². The number of carbonyl (C=O) groups is 1. The number of aliphatic hydroxyl groups excluding tert-OH is 2. The molecule has 1 heterocycles. The third-order valence-corrected chi connectivity index (χ3v) is 5.24. The molecule has 0 saturated heterocycles. The maximum Gasteiger partial charge on any atom is 0.181 e. The summed E-state index contributed by atoms with van der Waals surface area (Å²) in [6, 6.07) is 5.30. The van der Waals surface area contributed by atoms with E-state index in [2.05, 4.69) is 15.9 Å². The Morgan fingerprint density at radius 1 is 1.20 bits per heavy atom. The monoisotopic (exact) mass is 340 g/mol. The minimum absolute atomic E-state index is 0.216. The SMILES string of the molecule is O=C1c2cc(Br)ccc2OC2(CCCC2)C1(CO)CO. The van der Waals surface area contributed by atoms with Crippen molar-refractivity contribution in [3.63, 3.8) is 0 Å². The fourth-order valence-corrected chi connectivity index (χ4v) is 3.91. The van der Waals surface area contributed by atoms with Crippen LogP contribution >= 0.6 is 15.9 Å². The first kappa shape index (κ1) is 14.0. The van der Waals surface area contributed by atoms with Gasteiger partial charge < -0.3 is 14.9 Å². The fraction of sp³-hybridized carbons (Fsp3) is 0.533. The molecule has 1 saturated carbocycles. The average molecular weight is 341 g/mol. The number of rotatable bonds is 2. The van der Waals surface area contributed by atoms with E-state index >= 15 is 0 Å². The van der Waals surface area contributed by atoms with Crippen LogP contribution in [0.5, 0.6) is 5.75 Å². The zero-order chi connectivity index (χ0) is 14.4. The van der Waals surface area contributed by atoms with Gasteiger partial charge in [0.2, 0.25) is 0 Å². The standard InChI is InChI=1S/C15H17BrO4/c16-10-3-4-12-11(7-10)13(19)14(8-17,9-18)15(20-12)5-1-2-6-15/h3-4,7,17-18H,1-2,5-6,8-9H2. The highest BCUT2D eigenvalue weighted by Crippen LogP contribution is 2.52. The maximum atomic E-state index is 12.9. The molecule has 2 N–H and O–H groups in total. The molecule has 0 radical (unpaired) electrons. The summed E-state index contributed by atoms with van der Waals surface area (Å²) < 4.78 is 6.92. The smallest absolute Gasteiger partial charge is 0.181 e. The number of aliphatic hydroxyl groups is 2. The molecule has 0 amide bonds. The van der Waals surface area contributed by atoms with Crippen molar-refractivity contribution in [1.29, 1.82) is 0 Å². The lowest BCUT2D eigenvalue weighted by atomic mass is 9.65. The van der Waals surface area contributed by atoms with Gasteiger partial charge in [0, 0.05) is 4.47 Å². The number of Topliss-reactive ketones (excluding diaryl/α,β-unsaturated/α-hetero) is 1. The number of hydrogen-bond acceptors (Lipinski definition) is 4. The van der Waals surface area contributed by atoms with Crippen LogP contribution in [0.25, 0.3) is 0 Å². The Kier molecular flexibility index (Phi) is 3.39. The molecule has 1 aromatic carbocycles.